The van der Waals surface area contributed by atoms with E-state index in [-0.39, 0.29) is 12.2 Å². The van der Waals surface area contributed by atoms with Gasteiger partial charge < -0.3 is 0 Å². The number of halogens is 1. The first-order valence-corrected chi connectivity index (χ1v) is 5.50. The Labute approximate surface area is 84.5 Å². The van der Waals surface area contributed by atoms with Crippen molar-refractivity contribution in [2.24, 2.45) is 0 Å². The molecule has 2 fully saturated rings. The van der Waals surface area contributed by atoms with Crippen molar-refractivity contribution in [2.75, 3.05) is 13.2 Å². The zero-order valence-corrected chi connectivity index (χ0v) is 8.76. The molecule has 2 aliphatic rings. The van der Waals surface area contributed by atoms with Crippen LogP contribution in [0.5, 0.6) is 0 Å². The summed E-state index contributed by atoms with van der Waals surface area (Å²) < 4.78 is 12.1. The van der Waals surface area contributed by atoms with E-state index < -0.39 is 0 Å². The SMILES string of the molecule is CC12CCC(CC(=O)C1)N2CCCF. The maximum atomic E-state index is 12.1. The van der Waals surface area contributed by atoms with Gasteiger partial charge in [-0.3, -0.25) is 14.1 Å². The second-order valence-corrected chi connectivity index (χ2v) is 4.84. The van der Waals surface area contributed by atoms with Crippen LogP contribution >= 0.6 is 0 Å². The van der Waals surface area contributed by atoms with Crippen molar-refractivity contribution in [3.05, 3.63) is 0 Å². The van der Waals surface area contributed by atoms with Gasteiger partial charge in [0.25, 0.3) is 0 Å². The van der Waals surface area contributed by atoms with Crippen molar-refractivity contribution in [2.45, 2.75) is 50.6 Å². The molecule has 2 aliphatic heterocycles. The van der Waals surface area contributed by atoms with Crippen molar-refractivity contribution < 1.29 is 9.18 Å². The van der Waals surface area contributed by atoms with Gasteiger partial charge in [0, 0.05) is 31.0 Å². The molecule has 2 rings (SSSR count). The summed E-state index contributed by atoms with van der Waals surface area (Å²) in [6.07, 6.45) is 4.21. The number of Topliss-reactive ketones (excluding diaryl/α,β-unsaturated/α-hetero) is 1. The van der Waals surface area contributed by atoms with E-state index in [0.717, 1.165) is 19.4 Å². The molecule has 0 radical (unpaired) electrons. The van der Waals surface area contributed by atoms with E-state index in [1.54, 1.807) is 0 Å². The van der Waals surface area contributed by atoms with Crippen LogP contribution in [0.25, 0.3) is 0 Å². The van der Waals surface area contributed by atoms with E-state index in [0.29, 0.717) is 31.1 Å². The summed E-state index contributed by atoms with van der Waals surface area (Å²) in [7, 11) is 0. The van der Waals surface area contributed by atoms with Gasteiger partial charge in [-0.2, -0.15) is 0 Å². The highest BCUT2D eigenvalue weighted by molar-refractivity contribution is 5.81. The molecule has 3 heteroatoms. The number of nitrogens with zero attached hydrogens (tertiary/aromatic N) is 1. The Balaban J connectivity index is 2.06. The van der Waals surface area contributed by atoms with Crippen LogP contribution in [0.1, 0.15) is 39.0 Å². The molecule has 0 amide bonds. The molecule has 2 nitrogen and oxygen atoms in total. The molecule has 0 aromatic rings. The van der Waals surface area contributed by atoms with Gasteiger partial charge in [0.2, 0.25) is 0 Å². The maximum absolute atomic E-state index is 12.1. The van der Waals surface area contributed by atoms with E-state index in [2.05, 4.69) is 11.8 Å². The Bertz CT molecular complexity index is 243. The van der Waals surface area contributed by atoms with E-state index >= 15 is 0 Å². The number of carbonyl (C=O) groups is 1. The smallest absolute Gasteiger partial charge is 0.136 e. The van der Waals surface area contributed by atoms with Crippen molar-refractivity contribution in [3.63, 3.8) is 0 Å². The van der Waals surface area contributed by atoms with Crippen LogP contribution in [0.3, 0.4) is 0 Å². The fourth-order valence-electron chi connectivity index (χ4n) is 3.06. The molecule has 2 atom stereocenters. The highest BCUT2D eigenvalue weighted by Crippen LogP contribution is 2.42. The number of piperidine rings is 1. The summed E-state index contributed by atoms with van der Waals surface area (Å²) in [5.74, 6) is 0.395. The summed E-state index contributed by atoms with van der Waals surface area (Å²) in [6, 6.07) is 0.410. The average Bonchev–Trinajstić information content (AvgIpc) is 2.30. The van der Waals surface area contributed by atoms with Crippen molar-refractivity contribution in [1.29, 1.82) is 0 Å². The maximum Gasteiger partial charge on any atom is 0.136 e. The molecule has 0 N–H and O–H groups in total. The molecule has 2 unspecified atom stereocenters. The minimum atomic E-state index is -0.243. The van der Waals surface area contributed by atoms with Gasteiger partial charge in [-0.1, -0.05) is 0 Å². The number of ketones is 1. The van der Waals surface area contributed by atoms with Crippen LogP contribution in [-0.4, -0.2) is 35.5 Å². The number of carbonyl (C=O) groups excluding carboxylic acids is 1. The number of hydrogen-bond acceptors (Lipinski definition) is 2. The number of rotatable bonds is 3. The van der Waals surface area contributed by atoms with E-state index in [9.17, 15) is 9.18 Å². The lowest BCUT2D eigenvalue weighted by atomic mass is 9.89. The highest BCUT2D eigenvalue weighted by Gasteiger charge is 2.47. The number of fused-ring (bicyclic) bond motifs is 2. The second-order valence-electron chi connectivity index (χ2n) is 4.84. The van der Waals surface area contributed by atoms with Crippen LogP contribution in [-0.2, 0) is 4.79 Å². The molecule has 0 aliphatic carbocycles. The molecular weight excluding hydrogens is 181 g/mol. The first-order chi connectivity index (χ1) is 6.65. The summed E-state index contributed by atoms with van der Waals surface area (Å²) in [4.78, 5) is 13.8. The third kappa shape index (κ3) is 1.58. The van der Waals surface area contributed by atoms with Crippen LogP contribution in [0, 0.1) is 0 Å². The Kier molecular flexibility index (Phi) is 2.60. The lowest BCUT2D eigenvalue weighted by molar-refractivity contribution is -0.126. The Morgan fingerprint density at radius 1 is 1.64 bits per heavy atom. The molecule has 80 valence electrons. The predicted octanol–water partition coefficient (Wildman–Crippen LogP) is 1.93. The van der Waals surface area contributed by atoms with Gasteiger partial charge in [-0.25, -0.2) is 0 Å². The van der Waals surface area contributed by atoms with Gasteiger partial charge >= 0.3 is 0 Å². The van der Waals surface area contributed by atoms with Gasteiger partial charge in [0.05, 0.1) is 6.67 Å². The molecule has 0 spiro atoms. The fraction of sp³-hybridized carbons (Fsp3) is 0.909. The molecule has 0 aromatic carbocycles. The third-order valence-electron chi connectivity index (χ3n) is 3.72. The van der Waals surface area contributed by atoms with E-state index in [4.69, 9.17) is 0 Å². The summed E-state index contributed by atoms with van der Waals surface area (Å²) in [6.45, 7) is 2.74. The van der Waals surface area contributed by atoms with Crippen LogP contribution in [0.15, 0.2) is 0 Å². The first-order valence-electron chi connectivity index (χ1n) is 5.50. The molecule has 2 bridgehead atoms. The van der Waals surface area contributed by atoms with E-state index in [1.807, 2.05) is 0 Å². The largest absolute Gasteiger partial charge is 0.300 e. The molecule has 2 heterocycles. The minimum Gasteiger partial charge on any atom is -0.300 e. The Hall–Kier alpha value is -0.440. The lowest BCUT2D eigenvalue weighted by Crippen LogP contribution is -2.51. The van der Waals surface area contributed by atoms with Crippen molar-refractivity contribution in [1.82, 2.24) is 4.90 Å². The topological polar surface area (TPSA) is 20.3 Å². The summed E-state index contributed by atoms with van der Waals surface area (Å²) in [5.41, 5.74) is 0.0508. The van der Waals surface area contributed by atoms with Crippen LogP contribution in [0.4, 0.5) is 4.39 Å². The molecular formula is C11H18FNO. The van der Waals surface area contributed by atoms with Gasteiger partial charge in [-0.15, -0.1) is 0 Å². The summed E-state index contributed by atoms with van der Waals surface area (Å²) in [5, 5.41) is 0. The standard InChI is InChI=1S/C11H18FNO/c1-11-4-3-9(7-10(14)8-11)13(11)6-2-5-12/h9H,2-8H2,1H3. The van der Waals surface area contributed by atoms with Crippen molar-refractivity contribution in [3.8, 4) is 0 Å². The minimum absolute atomic E-state index is 0.0508. The lowest BCUT2D eigenvalue weighted by Gasteiger charge is -2.41. The molecule has 2 saturated heterocycles. The monoisotopic (exact) mass is 199 g/mol. The Morgan fingerprint density at radius 2 is 2.43 bits per heavy atom. The third-order valence-corrected chi connectivity index (χ3v) is 3.72. The Morgan fingerprint density at radius 3 is 3.07 bits per heavy atom. The van der Waals surface area contributed by atoms with Gasteiger partial charge in [-0.05, 0) is 26.2 Å². The fourth-order valence-corrected chi connectivity index (χ4v) is 3.06. The van der Waals surface area contributed by atoms with Crippen molar-refractivity contribution >= 4 is 5.78 Å². The zero-order valence-electron chi connectivity index (χ0n) is 8.76. The van der Waals surface area contributed by atoms with Crippen LogP contribution < -0.4 is 0 Å². The van der Waals surface area contributed by atoms with E-state index in [1.165, 1.54) is 0 Å². The number of hydrogen-bond donors (Lipinski definition) is 0. The molecule has 0 aromatic heterocycles. The number of alkyl halides is 1. The van der Waals surface area contributed by atoms with Gasteiger partial charge in [0.15, 0.2) is 0 Å². The molecule has 0 saturated carbocycles. The van der Waals surface area contributed by atoms with Gasteiger partial charge in [0.1, 0.15) is 5.78 Å². The first kappa shape index (κ1) is 10.1. The zero-order chi connectivity index (χ0) is 10.2. The normalized spacial score (nSPS) is 37.9. The van der Waals surface area contributed by atoms with Crippen LogP contribution in [0.2, 0.25) is 0 Å². The second kappa shape index (κ2) is 3.61. The average molecular weight is 199 g/mol. The highest BCUT2D eigenvalue weighted by atomic mass is 19.1. The molecule has 14 heavy (non-hydrogen) atoms. The summed E-state index contributed by atoms with van der Waals surface area (Å²) >= 11 is 0. The predicted molar refractivity (Wildman–Crippen MR) is 53.0 cm³/mol. The quantitative estimate of drug-likeness (QED) is 0.692.